The van der Waals surface area contributed by atoms with E-state index in [1.54, 1.807) is 18.2 Å². The van der Waals surface area contributed by atoms with Crippen molar-refractivity contribution in [1.82, 2.24) is 16.0 Å². The van der Waals surface area contributed by atoms with Crippen LogP contribution in [0.15, 0.2) is 89.3 Å². The molecule has 220 valence electrons. The lowest BCUT2D eigenvalue weighted by atomic mass is 9.99. The molecule has 0 radical (unpaired) electrons. The number of hydrogen-bond acceptors (Lipinski definition) is 5. The van der Waals surface area contributed by atoms with E-state index in [1.807, 2.05) is 70.2 Å². The Morgan fingerprint density at radius 3 is 2.02 bits per heavy atom. The normalized spacial score (nSPS) is 14.0. The summed E-state index contributed by atoms with van der Waals surface area (Å²) in [6, 6.07) is 26.0. The van der Waals surface area contributed by atoms with E-state index in [-0.39, 0.29) is 23.9 Å². The van der Waals surface area contributed by atoms with Crippen molar-refractivity contribution >= 4 is 11.8 Å². The fourth-order valence-corrected chi connectivity index (χ4v) is 4.90. The van der Waals surface area contributed by atoms with Gasteiger partial charge in [-0.2, -0.15) is 0 Å². The first-order valence-electron chi connectivity index (χ1n) is 14.4. The number of aryl methyl sites for hydroxylation is 3. The molecule has 7 heteroatoms. The van der Waals surface area contributed by atoms with Gasteiger partial charge in [0.2, 0.25) is 0 Å². The maximum atomic E-state index is 13.5. The van der Waals surface area contributed by atoms with Gasteiger partial charge in [0.15, 0.2) is 0 Å². The molecule has 0 spiro atoms. The minimum absolute atomic E-state index is 0.0265. The molecule has 0 aliphatic carbocycles. The van der Waals surface area contributed by atoms with Crippen LogP contribution in [0.4, 0.5) is 0 Å². The second kappa shape index (κ2) is 14.1. The van der Waals surface area contributed by atoms with Crippen LogP contribution >= 0.6 is 0 Å². The average Bonchev–Trinajstić information content (AvgIpc) is 3.42. The first-order valence-corrected chi connectivity index (χ1v) is 14.4. The summed E-state index contributed by atoms with van der Waals surface area (Å²) in [5.74, 6) is 0.778. The van der Waals surface area contributed by atoms with Gasteiger partial charge in [0.25, 0.3) is 11.8 Å². The number of aliphatic hydroxyl groups is 1. The van der Waals surface area contributed by atoms with Gasteiger partial charge < -0.3 is 25.5 Å². The molecule has 4 atom stereocenters. The fourth-order valence-electron chi connectivity index (χ4n) is 4.90. The zero-order valence-electron chi connectivity index (χ0n) is 25.0. The lowest BCUT2D eigenvalue weighted by molar-refractivity contribution is 0.0825. The maximum Gasteiger partial charge on any atom is 0.251 e. The van der Waals surface area contributed by atoms with Crippen molar-refractivity contribution < 1.29 is 19.1 Å². The second-order valence-corrected chi connectivity index (χ2v) is 11.1. The van der Waals surface area contributed by atoms with Crippen molar-refractivity contribution in [3.63, 3.8) is 0 Å². The summed E-state index contributed by atoms with van der Waals surface area (Å²) in [6.45, 7) is 9.94. The van der Waals surface area contributed by atoms with E-state index in [9.17, 15) is 14.7 Å². The maximum absolute atomic E-state index is 13.5. The van der Waals surface area contributed by atoms with Crippen LogP contribution in [-0.2, 0) is 6.42 Å². The monoisotopic (exact) mass is 567 g/mol. The number of aliphatic hydroxyl groups excluding tert-OH is 1. The van der Waals surface area contributed by atoms with Gasteiger partial charge in [0, 0.05) is 23.7 Å². The number of hydrogen-bond donors (Lipinski definition) is 4. The molecule has 0 aliphatic rings. The number of rotatable bonds is 12. The van der Waals surface area contributed by atoms with Crippen molar-refractivity contribution in [1.29, 1.82) is 0 Å². The number of carbonyl (C=O) groups is 2. The molecule has 1 heterocycles. The lowest BCUT2D eigenvalue weighted by Crippen LogP contribution is -2.49. The molecule has 2 amide bonds. The molecule has 1 aromatic heterocycles. The highest BCUT2D eigenvalue weighted by Crippen LogP contribution is 2.18. The predicted octanol–water partition coefficient (Wildman–Crippen LogP) is 5.75. The Balaban J connectivity index is 1.47. The zero-order chi connectivity index (χ0) is 30.2. The molecular weight excluding hydrogens is 526 g/mol. The number of benzene rings is 3. The molecule has 0 bridgehead atoms. The van der Waals surface area contributed by atoms with Crippen LogP contribution < -0.4 is 16.0 Å². The highest BCUT2D eigenvalue weighted by molar-refractivity contribution is 6.00. The summed E-state index contributed by atoms with van der Waals surface area (Å²) in [4.78, 5) is 26.6. The third-order valence-electron chi connectivity index (χ3n) is 7.43. The molecule has 1 unspecified atom stereocenters. The first kappa shape index (κ1) is 30.8. The molecule has 3 aromatic carbocycles. The van der Waals surface area contributed by atoms with Crippen LogP contribution in [0.5, 0.6) is 0 Å². The summed E-state index contributed by atoms with van der Waals surface area (Å²) in [7, 11) is 0. The van der Waals surface area contributed by atoms with Gasteiger partial charge in [-0.25, -0.2) is 0 Å². The van der Waals surface area contributed by atoms with Crippen LogP contribution in [0.3, 0.4) is 0 Å². The summed E-state index contributed by atoms with van der Waals surface area (Å²) >= 11 is 0. The second-order valence-electron chi connectivity index (χ2n) is 11.1. The van der Waals surface area contributed by atoms with E-state index in [2.05, 4.69) is 47.1 Å². The zero-order valence-corrected chi connectivity index (χ0v) is 25.0. The fraction of sp³-hybridized carbons (Fsp3) is 0.314. The first-order chi connectivity index (χ1) is 20.1. The molecular formula is C35H41N3O4. The Labute approximate surface area is 248 Å². The Bertz CT molecular complexity index is 1480. The van der Waals surface area contributed by atoms with E-state index >= 15 is 0 Å². The number of nitrogens with one attached hydrogen (secondary N) is 3. The third kappa shape index (κ3) is 8.41. The van der Waals surface area contributed by atoms with Crippen molar-refractivity contribution in [3.8, 4) is 0 Å². The van der Waals surface area contributed by atoms with Crippen LogP contribution in [0, 0.1) is 20.8 Å². The Morgan fingerprint density at radius 2 is 1.40 bits per heavy atom. The summed E-state index contributed by atoms with van der Waals surface area (Å²) in [5, 5.41) is 20.6. The highest BCUT2D eigenvalue weighted by atomic mass is 16.3. The molecule has 4 rings (SSSR count). The van der Waals surface area contributed by atoms with Gasteiger partial charge in [-0.1, -0.05) is 60.2 Å². The van der Waals surface area contributed by atoms with Crippen LogP contribution in [0.25, 0.3) is 0 Å². The Hall–Kier alpha value is -4.20. The lowest BCUT2D eigenvalue weighted by Gasteiger charge is -2.26. The summed E-state index contributed by atoms with van der Waals surface area (Å²) in [6.07, 6.45) is -0.402. The minimum atomic E-state index is -0.854. The minimum Gasteiger partial charge on any atom is -0.464 e. The van der Waals surface area contributed by atoms with E-state index < -0.39 is 12.1 Å². The van der Waals surface area contributed by atoms with E-state index in [0.717, 1.165) is 22.5 Å². The van der Waals surface area contributed by atoms with Gasteiger partial charge in [0.05, 0.1) is 18.2 Å². The molecule has 4 N–H and O–H groups in total. The van der Waals surface area contributed by atoms with Crippen molar-refractivity contribution in [2.75, 3.05) is 6.54 Å². The largest absolute Gasteiger partial charge is 0.464 e. The smallest absolute Gasteiger partial charge is 0.251 e. The molecule has 7 nitrogen and oxygen atoms in total. The SMILES string of the molecule is Cc1ccc([C@@H](C)NC[C@@H](O)[C@H](Cc2ccccc2)NC(=O)c2cc(C)cc(C(=O)NC(C)c3ccc(C)o3)c2)cc1. The summed E-state index contributed by atoms with van der Waals surface area (Å²) < 4.78 is 5.64. The molecule has 0 saturated carbocycles. The number of furan rings is 1. The molecule has 0 fully saturated rings. The molecule has 42 heavy (non-hydrogen) atoms. The van der Waals surface area contributed by atoms with Crippen LogP contribution in [0.1, 0.15) is 80.4 Å². The van der Waals surface area contributed by atoms with Crippen molar-refractivity contribution in [2.24, 2.45) is 0 Å². The standard InChI is InChI=1S/C35H41N3O4/c1-22-11-14-28(15-12-22)25(4)36-21-32(39)31(19-27-9-7-6-8-10-27)38-35(41)30-18-23(2)17-29(20-30)34(40)37-26(5)33-16-13-24(3)42-33/h6-18,20,25-26,31-32,36,39H,19,21H2,1-5H3,(H,37,40)(H,38,41)/t25-,26?,31+,32-/m1/s1. The van der Waals surface area contributed by atoms with E-state index in [0.29, 0.717) is 29.9 Å². The summed E-state index contributed by atoms with van der Waals surface area (Å²) in [5.41, 5.74) is 4.83. The number of carbonyl (C=O) groups excluding carboxylic acids is 2. The average molecular weight is 568 g/mol. The molecule has 0 aliphatic heterocycles. The predicted molar refractivity (Wildman–Crippen MR) is 166 cm³/mol. The Kier molecular flexibility index (Phi) is 10.3. The van der Waals surface area contributed by atoms with Crippen LogP contribution in [-0.4, -0.2) is 35.6 Å². The van der Waals surface area contributed by atoms with Gasteiger partial charge in [-0.3, -0.25) is 9.59 Å². The van der Waals surface area contributed by atoms with Crippen LogP contribution in [0.2, 0.25) is 0 Å². The number of amides is 2. The van der Waals surface area contributed by atoms with Gasteiger partial charge in [-0.05, 0) is 88.1 Å². The quantitative estimate of drug-likeness (QED) is 0.175. The van der Waals surface area contributed by atoms with E-state index in [1.165, 1.54) is 5.56 Å². The van der Waals surface area contributed by atoms with Gasteiger partial charge in [0.1, 0.15) is 11.5 Å². The van der Waals surface area contributed by atoms with Gasteiger partial charge in [-0.15, -0.1) is 0 Å². The van der Waals surface area contributed by atoms with Crippen molar-refractivity contribution in [2.45, 2.75) is 65.3 Å². The van der Waals surface area contributed by atoms with Crippen molar-refractivity contribution in [3.05, 3.63) is 130 Å². The van der Waals surface area contributed by atoms with E-state index in [4.69, 9.17) is 4.42 Å². The Morgan fingerprint density at radius 1 is 0.762 bits per heavy atom. The molecule has 4 aromatic rings. The van der Waals surface area contributed by atoms with Gasteiger partial charge >= 0.3 is 0 Å². The molecule has 0 saturated heterocycles. The highest BCUT2D eigenvalue weighted by Gasteiger charge is 2.24. The third-order valence-corrected chi connectivity index (χ3v) is 7.43. The topological polar surface area (TPSA) is 104 Å².